The number of hydrogen-bond donors (Lipinski definition) is 4. The quantitative estimate of drug-likeness (QED) is 0.138. The minimum atomic E-state index is 0.134. The van der Waals surface area contributed by atoms with Crippen molar-refractivity contribution < 1.29 is 20.4 Å². The van der Waals surface area contributed by atoms with E-state index in [2.05, 4.69) is 54.2 Å². The second kappa shape index (κ2) is 22.3. The van der Waals surface area contributed by atoms with Crippen molar-refractivity contribution in [3.05, 3.63) is 179 Å². The van der Waals surface area contributed by atoms with Crippen LogP contribution in [0.2, 0.25) is 0 Å². The van der Waals surface area contributed by atoms with Gasteiger partial charge in [0.25, 0.3) is 0 Å². The number of phenols is 4. The average Bonchev–Trinajstić information content (AvgIpc) is 3.20. The monoisotopic (exact) mass is 724 g/mol. The number of nitrogens with zero attached hydrogens (tertiary/aromatic N) is 6. The average molecular weight is 725 g/mol. The molecule has 4 N–H and O–H groups in total. The van der Waals surface area contributed by atoms with E-state index in [9.17, 15) is 0 Å². The van der Waals surface area contributed by atoms with E-state index in [0.29, 0.717) is 11.1 Å². The maximum atomic E-state index is 8.94. The van der Waals surface area contributed by atoms with Crippen LogP contribution in [0.15, 0.2) is 134 Å². The molecule has 54 heavy (non-hydrogen) atoms. The lowest BCUT2D eigenvalue weighted by Gasteiger charge is -2.01. The Morgan fingerprint density at radius 1 is 0.370 bits per heavy atom. The lowest BCUT2D eigenvalue weighted by Crippen LogP contribution is -1.97. The van der Waals surface area contributed by atoms with E-state index < -0.39 is 0 Å². The molecule has 0 spiro atoms. The molecule has 0 saturated heterocycles. The Bertz CT molecular complexity index is 1900. The van der Waals surface area contributed by atoms with Crippen molar-refractivity contribution in [2.24, 2.45) is 0 Å². The van der Waals surface area contributed by atoms with Crippen molar-refractivity contribution in [3.63, 3.8) is 0 Å². The molecule has 5 heterocycles. The van der Waals surface area contributed by atoms with Gasteiger partial charge in [-0.15, -0.1) is 0 Å². The Balaban J connectivity index is 0.000000184. The highest BCUT2D eigenvalue weighted by atomic mass is 16.3. The largest absolute Gasteiger partial charge is 0.508 e. The Kier molecular flexibility index (Phi) is 17.2. The molecule has 0 atom stereocenters. The van der Waals surface area contributed by atoms with Gasteiger partial charge < -0.3 is 20.4 Å². The molecule has 0 bridgehead atoms. The molecule has 0 aliphatic heterocycles. The molecule has 278 valence electrons. The van der Waals surface area contributed by atoms with Crippen LogP contribution in [0.5, 0.6) is 23.0 Å². The molecule has 2 aromatic carbocycles. The van der Waals surface area contributed by atoms with E-state index in [4.69, 9.17) is 20.4 Å². The van der Waals surface area contributed by atoms with E-state index in [1.165, 1.54) is 35.4 Å². The molecule has 0 aliphatic carbocycles. The maximum absolute atomic E-state index is 8.94. The van der Waals surface area contributed by atoms with Crippen molar-refractivity contribution in [1.82, 2.24) is 29.9 Å². The summed E-state index contributed by atoms with van der Waals surface area (Å²) < 4.78 is 0. The first kappa shape index (κ1) is 41.7. The van der Waals surface area contributed by atoms with E-state index in [1.807, 2.05) is 88.9 Å². The third kappa shape index (κ3) is 14.5. The van der Waals surface area contributed by atoms with Gasteiger partial charge in [0.2, 0.25) is 0 Å². The van der Waals surface area contributed by atoms with E-state index in [0.717, 1.165) is 47.0 Å². The molecule has 0 amide bonds. The molecule has 0 fully saturated rings. The number of aromatic nitrogens is 6. The summed E-state index contributed by atoms with van der Waals surface area (Å²) in [7, 11) is 0. The van der Waals surface area contributed by atoms with E-state index in [-0.39, 0.29) is 23.0 Å². The van der Waals surface area contributed by atoms with Gasteiger partial charge in [0, 0.05) is 48.3 Å². The molecule has 10 heteroatoms. The fourth-order valence-electron chi connectivity index (χ4n) is 4.47. The molecule has 0 radical (unpaired) electrons. The smallest absolute Gasteiger partial charge is 0.122 e. The van der Waals surface area contributed by atoms with Crippen LogP contribution in [0.4, 0.5) is 0 Å². The zero-order chi connectivity index (χ0) is 39.3. The topological polar surface area (TPSA) is 158 Å². The maximum Gasteiger partial charge on any atom is 0.122 e. The minimum Gasteiger partial charge on any atom is -0.508 e. The fourth-order valence-corrected chi connectivity index (χ4v) is 4.47. The highest BCUT2D eigenvalue weighted by Gasteiger charge is 2.00. The van der Waals surface area contributed by atoms with Gasteiger partial charge in [-0.3, -0.25) is 29.9 Å². The molecular formula is C44H48N6O4. The number of aryl methyl sites for hydroxylation is 6. The van der Waals surface area contributed by atoms with Crippen LogP contribution >= 0.6 is 0 Å². The second-order valence-corrected chi connectivity index (χ2v) is 12.0. The predicted molar refractivity (Wildman–Crippen MR) is 213 cm³/mol. The SMILES string of the molecule is Cc1c(O)cccc1O.Cc1c(O)cccc1O.Cc1nc(C)c(C)nc1C.c1cc(CCc2ccncc2)ccn1.c1ccc(-c2ccccn2)nc1. The summed E-state index contributed by atoms with van der Waals surface area (Å²) in [5.41, 5.74) is 9.66. The van der Waals surface area contributed by atoms with Crippen LogP contribution < -0.4 is 0 Å². The number of hydrogen-bond acceptors (Lipinski definition) is 10. The van der Waals surface area contributed by atoms with Crippen LogP contribution in [0.25, 0.3) is 11.4 Å². The Morgan fingerprint density at radius 3 is 0.944 bits per heavy atom. The van der Waals surface area contributed by atoms with Crippen LogP contribution in [0.1, 0.15) is 45.0 Å². The van der Waals surface area contributed by atoms with E-state index >= 15 is 0 Å². The molecule has 10 nitrogen and oxygen atoms in total. The summed E-state index contributed by atoms with van der Waals surface area (Å²) in [5, 5.41) is 35.8. The summed E-state index contributed by atoms with van der Waals surface area (Å²) in [5.74, 6) is 0.537. The first-order valence-corrected chi connectivity index (χ1v) is 17.3. The van der Waals surface area contributed by atoms with Gasteiger partial charge in [-0.1, -0.05) is 24.3 Å². The third-order valence-corrected chi connectivity index (χ3v) is 8.06. The van der Waals surface area contributed by atoms with Crippen LogP contribution in [-0.2, 0) is 12.8 Å². The van der Waals surface area contributed by atoms with E-state index in [1.54, 1.807) is 38.4 Å². The van der Waals surface area contributed by atoms with Gasteiger partial charge in [-0.25, -0.2) is 0 Å². The molecule has 5 aromatic heterocycles. The Morgan fingerprint density at radius 2 is 0.685 bits per heavy atom. The number of pyridine rings is 4. The van der Waals surface area contributed by atoms with Gasteiger partial charge >= 0.3 is 0 Å². The van der Waals surface area contributed by atoms with Crippen molar-refractivity contribution >= 4 is 0 Å². The van der Waals surface area contributed by atoms with Gasteiger partial charge in [0.05, 0.1) is 34.2 Å². The standard InChI is InChI=1S/C12H12N2.C10H8N2.C8H12N2.2C7H8O2/c1(11-3-7-13-8-4-11)2-12-5-9-14-10-6-12;1-3-7-11-9(5-1)10-6-2-4-8-12-10;1-5-6(2)10-8(4)7(3)9-5;2*1-5-6(8)3-2-4-7(5)9/h3-10H,1-2H2;1-8H;1-4H3;2*2-4,8-9H,1H3. The molecular weight excluding hydrogens is 677 g/mol. The molecule has 0 unspecified atom stereocenters. The number of phenolic OH excluding ortho intramolecular Hbond substituents is 4. The fraction of sp³-hybridized carbons (Fsp3) is 0.182. The number of aromatic hydroxyl groups is 4. The molecule has 0 saturated carbocycles. The first-order valence-electron chi connectivity index (χ1n) is 17.3. The number of rotatable bonds is 4. The van der Waals surface area contributed by atoms with Crippen molar-refractivity contribution in [1.29, 1.82) is 0 Å². The lowest BCUT2D eigenvalue weighted by molar-refractivity contribution is 0.442. The highest BCUT2D eigenvalue weighted by molar-refractivity contribution is 5.52. The zero-order valence-corrected chi connectivity index (χ0v) is 31.6. The van der Waals surface area contributed by atoms with Gasteiger partial charge in [0.15, 0.2) is 0 Å². The van der Waals surface area contributed by atoms with Crippen LogP contribution in [0.3, 0.4) is 0 Å². The molecule has 7 rings (SSSR count). The predicted octanol–water partition coefficient (Wildman–Crippen LogP) is 8.93. The number of benzene rings is 2. The Hall–Kier alpha value is -6.68. The van der Waals surface area contributed by atoms with Crippen molar-refractivity contribution in [2.45, 2.75) is 54.4 Å². The normalized spacial score (nSPS) is 9.74. The summed E-state index contributed by atoms with van der Waals surface area (Å²) >= 11 is 0. The van der Waals surface area contributed by atoms with Crippen molar-refractivity contribution in [3.8, 4) is 34.4 Å². The van der Waals surface area contributed by atoms with Crippen LogP contribution in [0, 0.1) is 41.5 Å². The molecule has 0 aliphatic rings. The van der Waals surface area contributed by atoms with Gasteiger partial charge in [0.1, 0.15) is 23.0 Å². The first-order chi connectivity index (χ1) is 26.0. The van der Waals surface area contributed by atoms with Gasteiger partial charge in [-0.2, -0.15) is 0 Å². The summed E-state index contributed by atoms with van der Waals surface area (Å²) in [6, 6.07) is 29.2. The minimum absolute atomic E-state index is 0.134. The zero-order valence-electron chi connectivity index (χ0n) is 31.6. The molecule has 7 aromatic rings. The summed E-state index contributed by atoms with van der Waals surface area (Å²) in [6.07, 6.45) is 13.0. The third-order valence-electron chi connectivity index (χ3n) is 8.06. The lowest BCUT2D eigenvalue weighted by atomic mass is 10.1. The van der Waals surface area contributed by atoms with Gasteiger partial charge in [-0.05, 0) is 138 Å². The summed E-state index contributed by atoms with van der Waals surface area (Å²) in [4.78, 5) is 25.0. The Labute approximate surface area is 317 Å². The van der Waals surface area contributed by atoms with Crippen molar-refractivity contribution in [2.75, 3.05) is 0 Å². The van der Waals surface area contributed by atoms with Crippen LogP contribution in [-0.4, -0.2) is 50.3 Å². The second-order valence-electron chi connectivity index (χ2n) is 12.0. The highest BCUT2D eigenvalue weighted by Crippen LogP contribution is 2.24. The summed E-state index contributed by atoms with van der Waals surface area (Å²) in [6.45, 7) is 11.2.